The molecule has 0 radical (unpaired) electrons. The molecule has 0 aliphatic heterocycles. The molecule has 0 aromatic rings. The van der Waals surface area contributed by atoms with E-state index >= 15 is 0 Å². The van der Waals surface area contributed by atoms with Gasteiger partial charge in [0, 0.05) is 6.08 Å². The van der Waals surface area contributed by atoms with Crippen LogP contribution in [0.3, 0.4) is 0 Å². The Balaban J connectivity index is 0. The molecule has 0 aliphatic rings. The number of carboxylic acid groups (broad SMARTS) is 1. The zero-order valence-electron chi connectivity index (χ0n) is 10.3. The lowest BCUT2D eigenvalue weighted by Crippen LogP contribution is -2.10. The van der Waals surface area contributed by atoms with Crippen molar-refractivity contribution in [1.82, 2.24) is 0 Å². The highest BCUT2D eigenvalue weighted by Crippen LogP contribution is 2.09. The Kier molecular flexibility index (Phi) is 10.5. The molecule has 0 saturated heterocycles. The predicted octanol–water partition coefficient (Wildman–Crippen LogP) is 2.41. The van der Waals surface area contributed by atoms with E-state index in [1.165, 1.54) is 7.11 Å². The highest BCUT2D eigenvalue weighted by molar-refractivity contribution is 5.80. The van der Waals surface area contributed by atoms with Crippen molar-refractivity contribution in [2.75, 3.05) is 7.11 Å². The summed E-state index contributed by atoms with van der Waals surface area (Å²) in [6, 6.07) is 0. The average Bonchev–Trinajstić information content (AvgIpc) is 2.27. The molecule has 1 unspecified atom stereocenters. The highest BCUT2D eigenvalue weighted by atomic mass is 16.5. The second-order valence-electron chi connectivity index (χ2n) is 3.14. The van der Waals surface area contributed by atoms with Crippen molar-refractivity contribution >= 4 is 11.9 Å². The third-order valence-electron chi connectivity index (χ3n) is 1.95. The zero-order chi connectivity index (χ0) is 13.1. The lowest BCUT2D eigenvalue weighted by atomic mass is 10.0. The summed E-state index contributed by atoms with van der Waals surface area (Å²) in [6.45, 7) is 8.70. The van der Waals surface area contributed by atoms with Crippen LogP contribution in [-0.2, 0) is 14.3 Å². The maximum absolute atomic E-state index is 10.4. The monoisotopic (exact) mass is 228 g/mol. The Labute approximate surface area is 96.6 Å². The molecule has 4 heteroatoms. The van der Waals surface area contributed by atoms with Gasteiger partial charge in [-0.25, -0.2) is 4.79 Å². The van der Waals surface area contributed by atoms with Crippen molar-refractivity contribution in [2.24, 2.45) is 5.92 Å². The first-order valence-electron chi connectivity index (χ1n) is 5.00. The number of methoxy groups -OCH3 is 1. The fourth-order valence-electron chi connectivity index (χ4n) is 0.777. The smallest absolute Gasteiger partial charge is 0.329 e. The first-order chi connectivity index (χ1) is 7.40. The Bertz CT molecular complexity index is 266. The number of allylic oxidation sites excluding steroid dienone is 1. The largest absolute Gasteiger partial charge is 0.481 e. The predicted molar refractivity (Wildman–Crippen MR) is 63.1 cm³/mol. The van der Waals surface area contributed by atoms with Crippen LogP contribution in [-0.4, -0.2) is 24.2 Å². The molecule has 1 N–H and O–H groups in total. The van der Waals surface area contributed by atoms with Gasteiger partial charge in [0.05, 0.1) is 13.0 Å². The molecule has 4 nitrogen and oxygen atoms in total. The number of esters is 1. The molecule has 0 aliphatic carbocycles. The van der Waals surface area contributed by atoms with Crippen LogP contribution < -0.4 is 0 Å². The molecule has 1 atom stereocenters. The lowest BCUT2D eigenvalue weighted by molar-refractivity contribution is -0.140. The Morgan fingerprint density at radius 2 is 2.00 bits per heavy atom. The SMILES string of the molecule is C=CC(=O)OC.CCC=C(C)C(C)C(=O)O. The minimum absolute atomic E-state index is 0.333. The van der Waals surface area contributed by atoms with Gasteiger partial charge in [-0.2, -0.15) is 0 Å². The van der Waals surface area contributed by atoms with Gasteiger partial charge >= 0.3 is 11.9 Å². The van der Waals surface area contributed by atoms with Gasteiger partial charge in [0.15, 0.2) is 0 Å². The maximum Gasteiger partial charge on any atom is 0.329 e. The van der Waals surface area contributed by atoms with Crippen molar-refractivity contribution in [1.29, 1.82) is 0 Å². The Morgan fingerprint density at radius 3 is 2.19 bits per heavy atom. The first kappa shape index (κ1) is 16.8. The standard InChI is InChI=1S/C8H14O2.C4H6O2/c1-4-5-6(2)7(3)8(9)10;1-3-4(5)6-2/h5,7H,4H2,1-3H3,(H,9,10);3H,1H2,2H3. The molecule has 0 amide bonds. The van der Waals surface area contributed by atoms with Crippen LogP contribution in [0.5, 0.6) is 0 Å². The third kappa shape index (κ3) is 8.99. The molecule has 0 heterocycles. The molecule has 0 rings (SSSR count). The van der Waals surface area contributed by atoms with Crippen LogP contribution in [0.15, 0.2) is 24.3 Å². The van der Waals surface area contributed by atoms with Crippen LogP contribution in [0, 0.1) is 5.92 Å². The fraction of sp³-hybridized carbons (Fsp3) is 0.500. The number of carbonyl (C=O) groups excluding carboxylic acids is 1. The van der Waals surface area contributed by atoms with Crippen LogP contribution in [0.2, 0.25) is 0 Å². The number of hydrogen-bond acceptors (Lipinski definition) is 3. The van der Waals surface area contributed by atoms with E-state index in [-0.39, 0.29) is 5.92 Å². The number of hydrogen-bond donors (Lipinski definition) is 1. The van der Waals surface area contributed by atoms with Gasteiger partial charge in [0.25, 0.3) is 0 Å². The highest BCUT2D eigenvalue weighted by Gasteiger charge is 2.11. The summed E-state index contributed by atoms with van der Waals surface area (Å²) in [5.41, 5.74) is 0.940. The summed E-state index contributed by atoms with van der Waals surface area (Å²) < 4.78 is 4.14. The van der Waals surface area contributed by atoms with Crippen molar-refractivity contribution in [3.05, 3.63) is 24.3 Å². The van der Waals surface area contributed by atoms with Crippen molar-refractivity contribution < 1.29 is 19.4 Å². The molecule has 16 heavy (non-hydrogen) atoms. The van der Waals surface area contributed by atoms with Crippen molar-refractivity contribution in [3.8, 4) is 0 Å². The topological polar surface area (TPSA) is 63.6 Å². The summed E-state index contributed by atoms with van der Waals surface area (Å²) >= 11 is 0. The second-order valence-corrected chi connectivity index (χ2v) is 3.14. The van der Waals surface area contributed by atoms with Crippen molar-refractivity contribution in [2.45, 2.75) is 27.2 Å². The Hall–Kier alpha value is -1.58. The van der Waals surface area contributed by atoms with E-state index in [0.29, 0.717) is 0 Å². The molecule has 0 fully saturated rings. The van der Waals surface area contributed by atoms with Gasteiger partial charge in [-0.15, -0.1) is 0 Å². The molecule has 0 bridgehead atoms. The van der Waals surface area contributed by atoms with Crippen LogP contribution in [0.25, 0.3) is 0 Å². The van der Waals surface area contributed by atoms with E-state index in [1.807, 2.05) is 19.9 Å². The minimum Gasteiger partial charge on any atom is -0.481 e. The van der Waals surface area contributed by atoms with E-state index in [0.717, 1.165) is 18.1 Å². The van der Waals surface area contributed by atoms with Crippen LogP contribution >= 0.6 is 0 Å². The zero-order valence-corrected chi connectivity index (χ0v) is 10.3. The summed E-state index contributed by atoms with van der Waals surface area (Å²) in [4.78, 5) is 20.2. The quantitative estimate of drug-likeness (QED) is 0.456. The first-order valence-corrected chi connectivity index (χ1v) is 5.00. The summed E-state index contributed by atoms with van der Waals surface area (Å²) in [7, 11) is 1.31. The summed E-state index contributed by atoms with van der Waals surface area (Å²) in [6.07, 6.45) is 3.96. The van der Waals surface area contributed by atoms with Gasteiger partial charge in [0.2, 0.25) is 0 Å². The molecule has 0 spiro atoms. The van der Waals surface area contributed by atoms with E-state index < -0.39 is 11.9 Å². The number of ether oxygens (including phenoxy) is 1. The molecule has 0 aromatic carbocycles. The van der Waals surface area contributed by atoms with Crippen LogP contribution in [0.4, 0.5) is 0 Å². The lowest BCUT2D eigenvalue weighted by Gasteiger charge is -2.04. The summed E-state index contributed by atoms with van der Waals surface area (Å²) in [5, 5.41) is 8.54. The second kappa shape index (κ2) is 9.96. The number of rotatable bonds is 4. The van der Waals surface area contributed by atoms with Crippen molar-refractivity contribution in [3.63, 3.8) is 0 Å². The maximum atomic E-state index is 10.4. The normalized spacial score (nSPS) is 11.9. The molecule has 0 saturated carbocycles. The van der Waals surface area contributed by atoms with E-state index in [2.05, 4.69) is 11.3 Å². The van der Waals surface area contributed by atoms with Gasteiger partial charge in [-0.1, -0.05) is 25.2 Å². The van der Waals surface area contributed by atoms with E-state index in [9.17, 15) is 9.59 Å². The minimum atomic E-state index is -0.748. The van der Waals surface area contributed by atoms with Gasteiger partial charge in [-0.3, -0.25) is 4.79 Å². The average molecular weight is 228 g/mol. The third-order valence-corrected chi connectivity index (χ3v) is 1.95. The molecule has 0 aromatic heterocycles. The number of carboxylic acids is 1. The van der Waals surface area contributed by atoms with Gasteiger partial charge in [0.1, 0.15) is 0 Å². The number of aliphatic carboxylic acids is 1. The molecular formula is C12H20O4. The van der Waals surface area contributed by atoms with E-state index in [1.54, 1.807) is 6.92 Å². The number of carbonyl (C=O) groups is 2. The fourth-order valence-corrected chi connectivity index (χ4v) is 0.777. The molecular weight excluding hydrogens is 208 g/mol. The van der Waals surface area contributed by atoms with Gasteiger partial charge < -0.3 is 9.84 Å². The molecule has 92 valence electrons. The van der Waals surface area contributed by atoms with E-state index in [4.69, 9.17) is 5.11 Å². The Morgan fingerprint density at radius 1 is 1.50 bits per heavy atom. The van der Waals surface area contributed by atoms with Crippen LogP contribution in [0.1, 0.15) is 27.2 Å². The van der Waals surface area contributed by atoms with Gasteiger partial charge in [-0.05, 0) is 20.3 Å². The summed E-state index contributed by atoms with van der Waals surface area (Å²) in [5.74, 6) is -1.47.